The molecule has 0 bridgehead atoms. The lowest BCUT2D eigenvalue weighted by Crippen LogP contribution is -2.14. The average Bonchev–Trinajstić information content (AvgIpc) is 2.66. The number of nitrogens with zero attached hydrogens (tertiary/aromatic N) is 3. The summed E-state index contributed by atoms with van der Waals surface area (Å²) in [6.45, 7) is 6.15. The summed E-state index contributed by atoms with van der Waals surface area (Å²) in [6.07, 6.45) is 0. The van der Waals surface area contributed by atoms with Crippen molar-refractivity contribution in [3.8, 4) is 5.69 Å². The summed E-state index contributed by atoms with van der Waals surface area (Å²) in [7, 11) is 0. The van der Waals surface area contributed by atoms with Crippen LogP contribution in [-0.4, -0.2) is 14.7 Å². The van der Waals surface area contributed by atoms with Crippen LogP contribution in [0.1, 0.15) is 26.5 Å². The Balaban J connectivity index is 2.59. The molecule has 1 aromatic carbocycles. The molecule has 0 unspecified atom stereocenters. The van der Waals surface area contributed by atoms with Crippen molar-refractivity contribution in [2.45, 2.75) is 26.2 Å². The van der Waals surface area contributed by atoms with Crippen molar-refractivity contribution in [2.24, 2.45) is 0 Å². The Morgan fingerprint density at radius 3 is 2.55 bits per heavy atom. The van der Waals surface area contributed by atoms with Crippen LogP contribution in [0.2, 0.25) is 0 Å². The van der Waals surface area contributed by atoms with Gasteiger partial charge >= 0.3 is 0 Å². The summed E-state index contributed by atoms with van der Waals surface area (Å²) in [5.74, 6) is 0.496. The van der Waals surface area contributed by atoms with Gasteiger partial charge < -0.3 is 5.73 Å². The molecular weight excluding hydrogens is 371 g/mol. The Kier molecular flexibility index (Phi) is 3.72. The standard InChI is InChI=1S/C13H15IN4O2/c1-13(2,3)11-10(14)12(15)17(16-11)8-5-4-6-9(7-8)18(19)20/h4-7H,15H2,1-3H3. The molecule has 2 rings (SSSR count). The molecule has 7 heteroatoms. The summed E-state index contributed by atoms with van der Waals surface area (Å²) in [5.41, 5.74) is 7.42. The number of benzene rings is 1. The van der Waals surface area contributed by atoms with E-state index in [9.17, 15) is 10.1 Å². The van der Waals surface area contributed by atoms with Crippen LogP contribution in [0.4, 0.5) is 11.5 Å². The van der Waals surface area contributed by atoms with Crippen LogP contribution >= 0.6 is 22.6 Å². The van der Waals surface area contributed by atoms with Crippen molar-refractivity contribution in [3.05, 3.63) is 43.6 Å². The van der Waals surface area contributed by atoms with Gasteiger partial charge in [-0.15, -0.1) is 0 Å². The molecule has 0 spiro atoms. The van der Waals surface area contributed by atoms with Gasteiger partial charge in [-0.05, 0) is 28.7 Å². The van der Waals surface area contributed by atoms with E-state index in [0.717, 1.165) is 9.26 Å². The number of halogens is 1. The van der Waals surface area contributed by atoms with Crippen LogP contribution in [0.15, 0.2) is 24.3 Å². The highest BCUT2D eigenvalue weighted by Gasteiger charge is 2.25. The van der Waals surface area contributed by atoms with E-state index in [2.05, 4.69) is 48.5 Å². The smallest absolute Gasteiger partial charge is 0.271 e. The highest BCUT2D eigenvalue weighted by atomic mass is 127. The number of aromatic nitrogens is 2. The third kappa shape index (κ3) is 2.62. The minimum atomic E-state index is -0.432. The Labute approximate surface area is 130 Å². The first-order chi connectivity index (χ1) is 9.21. The summed E-state index contributed by atoms with van der Waals surface area (Å²) >= 11 is 2.16. The van der Waals surface area contributed by atoms with Crippen molar-refractivity contribution in [2.75, 3.05) is 5.73 Å². The van der Waals surface area contributed by atoms with Gasteiger partial charge in [-0.3, -0.25) is 10.1 Å². The molecule has 0 aliphatic carbocycles. The predicted molar refractivity (Wildman–Crippen MR) is 86.0 cm³/mol. The molecule has 20 heavy (non-hydrogen) atoms. The number of hydrogen-bond donors (Lipinski definition) is 1. The second-order valence-corrected chi connectivity index (χ2v) is 6.57. The van der Waals surface area contributed by atoms with E-state index in [0.29, 0.717) is 11.5 Å². The van der Waals surface area contributed by atoms with Crippen LogP contribution in [0.5, 0.6) is 0 Å². The number of nitrogen functional groups attached to an aromatic ring is 1. The maximum absolute atomic E-state index is 10.8. The number of nitro groups is 1. The Morgan fingerprint density at radius 2 is 2.05 bits per heavy atom. The molecule has 2 N–H and O–H groups in total. The zero-order valence-electron chi connectivity index (χ0n) is 11.4. The zero-order valence-corrected chi connectivity index (χ0v) is 13.6. The monoisotopic (exact) mass is 386 g/mol. The summed E-state index contributed by atoms with van der Waals surface area (Å²) in [5, 5.41) is 15.4. The largest absolute Gasteiger partial charge is 0.383 e. The van der Waals surface area contributed by atoms with Crippen molar-refractivity contribution in [1.29, 1.82) is 0 Å². The van der Waals surface area contributed by atoms with Gasteiger partial charge in [0, 0.05) is 17.5 Å². The van der Waals surface area contributed by atoms with Gasteiger partial charge in [0.2, 0.25) is 0 Å². The van der Waals surface area contributed by atoms with Crippen LogP contribution in [-0.2, 0) is 5.41 Å². The molecule has 0 fully saturated rings. The summed E-state index contributed by atoms with van der Waals surface area (Å²) in [6, 6.07) is 6.28. The second-order valence-electron chi connectivity index (χ2n) is 5.49. The van der Waals surface area contributed by atoms with Gasteiger partial charge in [0.25, 0.3) is 5.69 Å². The van der Waals surface area contributed by atoms with Gasteiger partial charge in [-0.25, -0.2) is 4.68 Å². The van der Waals surface area contributed by atoms with E-state index < -0.39 is 4.92 Å². The molecule has 0 radical (unpaired) electrons. The number of rotatable bonds is 2. The molecule has 106 valence electrons. The molecule has 0 saturated carbocycles. The zero-order chi connectivity index (χ0) is 15.1. The van der Waals surface area contributed by atoms with Gasteiger partial charge in [0.15, 0.2) is 0 Å². The Morgan fingerprint density at radius 1 is 1.40 bits per heavy atom. The van der Waals surface area contributed by atoms with E-state index in [1.54, 1.807) is 16.8 Å². The third-order valence-electron chi connectivity index (χ3n) is 2.86. The highest BCUT2D eigenvalue weighted by molar-refractivity contribution is 14.1. The molecular formula is C13H15IN4O2. The molecule has 1 aromatic heterocycles. The van der Waals surface area contributed by atoms with Crippen molar-refractivity contribution in [1.82, 2.24) is 9.78 Å². The first kappa shape index (κ1) is 14.8. The van der Waals surface area contributed by atoms with Crippen molar-refractivity contribution >= 4 is 34.1 Å². The van der Waals surface area contributed by atoms with Gasteiger partial charge in [0.1, 0.15) is 5.82 Å². The average molecular weight is 386 g/mol. The first-order valence-electron chi connectivity index (χ1n) is 6.01. The predicted octanol–water partition coefficient (Wildman–Crippen LogP) is 3.26. The van der Waals surface area contributed by atoms with Gasteiger partial charge in [-0.1, -0.05) is 26.8 Å². The lowest BCUT2D eigenvalue weighted by atomic mass is 9.92. The molecule has 0 aliphatic heterocycles. The molecule has 0 amide bonds. The molecule has 6 nitrogen and oxygen atoms in total. The van der Waals surface area contributed by atoms with E-state index in [4.69, 9.17) is 5.73 Å². The van der Waals surface area contributed by atoms with Crippen LogP contribution < -0.4 is 5.73 Å². The fourth-order valence-corrected chi connectivity index (χ4v) is 2.97. The minimum absolute atomic E-state index is 0.0183. The molecule has 1 heterocycles. The quantitative estimate of drug-likeness (QED) is 0.488. The lowest BCUT2D eigenvalue weighted by Gasteiger charge is -2.15. The fourth-order valence-electron chi connectivity index (χ4n) is 1.83. The molecule has 0 saturated heterocycles. The fraction of sp³-hybridized carbons (Fsp3) is 0.308. The Hall–Kier alpha value is -1.64. The minimum Gasteiger partial charge on any atom is -0.383 e. The van der Waals surface area contributed by atoms with E-state index in [-0.39, 0.29) is 11.1 Å². The van der Waals surface area contributed by atoms with Gasteiger partial charge in [0.05, 0.1) is 19.9 Å². The first-order valence-corrected chi connectivity index (χ1v) is 7.09. The third-order valence-corrected chi connectivity index (χ3v) is 3.92. The lowest BCUT2D eigenvalue weighted by molar-refractivity contribution is -0.384. The molecule has 2 aromatic rings. The molecule has 0 aliphatic rings. The SMILES string of the molecule is CC(C)(C)c1nn(-c2cccc([N+](=O)[O-])c2)c(N)c1I. The van der Waals surface area contributed by atoms with Crippen LogP contribution in [0.25, 0.3) is 5.69 Å². The number of hydrogen-bond acceptors (Lipinski definition) is 4. The van der Waals surface area contributed by atoms with Crippen LogP contribution in [0.3, 0.4) is 0 Å². The van der Waals surface area contributed by atoms with Crippen LogP contribution in [0, 0.1) is 13.7 Å². The number of anilines is 1. The van der Waals surface area contributed by atoms with E-state index >= 15 is 0 Å². The van der Waals surface area contributed by atoms with Crippen molar-refractivity contribution in [3.63, 3.8) is 0 Å². The van der Waals surface area contributed by atoms with Gasteiger partial charge in [-0.2, -0.15) is 5.10 Å². The second kappa shape index (κ2) is 5.04. The highest BCUT2D eigenvalue weighted by Crippen LogP contribution is 2.31. The van der Waals surface area contributed by atoms with E-state index in [1.807, 2.05) is 0 Å². The van der Waals surface area contributed by atoms with Crippen molar-refractivity contribution < 1.29 is 4.92 Å². The number of non-ortho nitro benzene ring substituents is 1. The Bertz CT molecular complexity index is 673. The molecule has 0 atom stereocenters. The topological polar surface area (TPSA) is 87.0 Å². The normalized spacial score (nSPS) is 11.6. The maximum Gasteiger partial charge on any atom is 0.271 e. The van der Waals surface area contributed by atoms with E-state index in [1.165, 1.54) is 12.1 Å². The summed E-state index contributed by atoms with van der Waals surface area (Å²) in [4.78, 5) is 10.4. The number of nitrogens with two attached hydrogens (primary N) is 1. The summed E-state index contributed by atoms with van der Waals surface area (Å²) < 4.78 is 2.43. The maximum atomic E-state index is 10.8. The number of nitro benzene ring substituents is 1.